The summed E-state index contributed by atoms with van der Waals surface area (Å²) < 4.78 is 0. The molecule has 1 aliphatic heterocycles. The summed E-state index contributed by atoms with van der Waals surface area (Å²) in [6.45, 7) is 11.1. The van der Waals surface area contributed by atoms with E-state index in [1.165, 1.54) is 5.56 Å². The van der Waals surface area contributed by atoms with Crippen molar-refractivity contribution in [3.63, 3.8) is 0 Å². The molecule has 0 amide bonds. The second-order valence-corrected chi connectivity index (χ2v) is 6.22. The van der Waals surface area contributed by atoms with Gasteiger partial charge in [0.2, 0.25) is 0 Å². The molecule has 0 aromatic heterocycles. The highest BCUT2D eigenvalue weighted by atomic mass is 16.3. The average Bonchev–Trinajstić information content (AvgIpc) is 2.31. The van der Waals surface area contributed by atoms with Gasteiger partial charge in [-0.2, -0.15) is 0 Å². The smallest absolute Gasteiger partial charge is 0.115 e. The van der Waals surface area contributed by atoms with Gasteiger partial charge in [0.1, 0.15) is 5.75 Å². The van der Waals surface area contributed by atoms with Crippen LogP contribution in [0.5, 0.6) is 5.75 Å². The van der Waals surface area contributed by atoms with Crippen molar-refractivity contribution in [3.05, 3.63) is 29.8 Å². The van der Waals surface area contributed by atoms with Crippen molar-refractivity contribution in [3.8, 4) is 5.75 Å². The van der Waals surface area contributed by atoms with Crippen molar-refractivity contribution in [1.82, 2.24) is 10.2 Å². The lowest BCUT2D eigenvalue weighted by Crippen LogP contribution is -2.56. The third-order valence-corrected chi connectivity index (χ3v) is 3.68. The number of phenols is 1. The Kier molecular flexibility index (Phi) is 3.93. The molecule has 2 N–H and O–H groups in total. The van der Waals surface area contributed by atoms with E-state index in [2.05, 4.69) is 31.0 Å². The first-order valence-corrected chi connectivity index (χ1v) is 6.69. The zero-order chi connectivity index (χ0) is 13.2. The van der Waals surface area contributed by atoms with Gasteiger partial charge in [0.15, 0.2) is 0 Å². The van der Waals surface area contributed by atoms with Gasteiger partial charge in [-0.1, -0.05) is 32.9 Å². The summed E-state index contributed by atoms with van der Waals surface area (Å²) in [5, 5.41) is 12.8. The Labute approximate surface area is 110 Å². The van der Waals surface area contributed by atoms with Crippen LogP contribution in [0.1, 0.15) is 26.3 Å². The summed E-state index contributed by atoms with van der Waals surface area (Å²) in [7, 11) is 0. The Balaban J connectivity index is 2.08. The lowest BCUT2D eigenvalue weighted by Gasteiger charge is -2.43. The van der Waals surface area contributed by atoms with Crippen molar-refractivity contribution in [2.24, 2.45) is 5.41 Å². The predicted molar refractivity (Wildman–Crippen MR) is 74.6 cm³/mol. The first kappa shape index (κ1) is 13.4. The fourth-order valence-electron chi connectivity index (χ4n) is 2.63. The van der Waals surface area contributed by atoms with Crippen molar-refractivity contribution in [1.29, 1.82) is 0 Å². The molecule has 0 aliphatic carbocycles. The number of hydrogen-bond acceptors (Lipinski definition) is 3. The van der Waals surface area contributed by atoms with Crippen molar-refractivity contribution >= 4 is 0 Å². The van der Waals surface area contributed by atoms with Gasteiger partial charge in [0, 0.05) is 32.2 Å². The molecule has 0 saturated carbocycles. The monoisotopic (exact) mass is 248 g/mol. The van der Waals surface area contributed by atoms with Crippen LogP contribution >= 0.6 is 0 Å². The molecule has 1 fully saturated rings. The summed E-state index contributed by atoms with van der Waals surface area (Å²) in [6, 6.07) is 8.11. The maximum atomic E-state index is 9.32. The minimum absolute atomic E-state index is 0.282. The molecule has 1 unspecified atom stereocenters. The van der Waals surface area contributed by atoms with E-state index in [0.717, 1.165) is 26.2 Å². The van der Waals surface area contributed by atoms with Crippen LogP contribution in [0, 0.1) is 5.41 Å². The largest absolute Gasteiger partial charge is 0.508 e. The highest BCUT2D eigenvalue weighted by Crippen LogP contribution is 2.26. The summed E-state index contributed by atoms with van der Waals surface area (Å²) in [5.41, 5.74) is 1.55. The van der Waals surface area contributed by atoms with Gasteiger partial charge in [0.25, 0.3) is 0 Å². The Morgan fingerprint density at radius 3 is 2.56 bits per heavy atom. The van der Waals surface area contributed by atoms with E-state index in [1.54, 1.807) is 12.1 Å². The van der Waals surface area contributed by atoms with Crippen molar-refractivity contribution in [2.45, 2.75) is 33.4 Å². The van der Waals surface area contributed by atoms with Crippen LogP contribution in [-0.2, 0) is 6.54 Å². The molecule has 3 nitrogen and oxygen atoms in total. The van der Waals surface area contributed by atoms with Gasteiger partial charge < -0.3 is 10.4 Å². The minimum atomic E-state index is 0.282. The topological polar surface area (TPSA) is 35.5 Å². The quantitative estimate of drug-likeness (QED) is 0.842. The number of rotatable bonds is 2. The zero-order valence-electron chi connectivity index (χ0n) is 11.6. The van der Waals surface area contributed by atoms with Crippen LogP contribution < -0.4 is 5.32 Å². The van der Waals surface area contributed by atoms with E-state index in [-0.39, 0.29) is 5.41 Å². The van der Waals surface area contributed by atoms with E-state index in [4.69, 9.17) is 0 Å². The number of aromatic hydroxyl groups is 1. The van der Waals surface area contributed by atoms with E-state index < -0.39 is 0 Å². The van der Waals surface area contributed by atoms with E-state index in [9.17, 15) is 5.11 Å². The number of piperazine rings is 1. The summed E-state index contributed by atoms with van der Waals surface area (Å²) in [6.07, 6.45) is 0. The molecule has 100 valence electrons. The maximum Gasteiger partial charge on any atom is 0.115 e. The molecular weight excluding hydrogens is 224 g/mol. The molecule has 1 aliphatic rings. The number of nitrogens with zero attached hydrogens (tertiary/aromatic N) is 1. The van der Waals surface area contributed by atoms with Crippen LogP contribution in [0.25, 0.3) is 0 Å². The van der Waals surface area contributed by atoms with Crippen molar-refractivity contribution in [2.75, 3.05) is 19.6 Å². The van der Waals surface area contributed by atoms with Crippen LogP contribution in [-0.4, -0.2) is 35.7 Å². The van der Waals surface area contributed by atoms with Gasteiger partial charge in [-0.15, -0.1) is 0 Å². The first-order chi connectivity index (χ1) is 8.47. The first-order valence-electron chi connectivity index (χ1n) is 6.69. The molecule has 0 spiro atoms. The number of hydrogen-bond donors (Lipinski definition) is 2. The number of benzene rings is 1. The molecule has 1 aromatic carbocycles. The van der Waals surface area contributed by atoms with Crippen molar-refractivity contribution < 1.29 is 5.11 Å². The summed E-state index contributed by atoms with van der Waals surface area (Å²) in [5.74, 6) is 0.339. The van der Waals surface area contributed by atoms with Gasteiger partial charge in [-0.3, -0.25) is 4.90 Å². The van der Waals surface area contributed by atoms with E-state index in [0.29, 0.717) is 11.8 Å². The van der Waals surface area contributed by atoms with Gasteiger partial charge in [-0.25, -0.2) is 0 Å². The standard InChI is InChI=1S/C15H24N2O/c1-15(2,3)14-10-16-8-9-17(14)11-12-4-6-13(18)7-5-12/h4-7,14,16,18H,8-11H2,1-3H3. The molecule has 18 heavy (non-hydrogen) atoms. The molecule has 1 saturated heterocycles. The normalized spacial score (nSPS) is 22.1. The maximum absolute atomic E-state index is 9.32. The fourth-order valence-corrected chi connectivity index (χ4v) is 2.63. The number of nitrogens with one attached hydrogen (secondary N) is 1. The highest BCUT2D eigenvalue weighted by molar-refractivity contribution is 5.25. The molecule has 0 bridgehead atoms. The van der Waals surface area contributed by atoms with Gasteiger partial charge >= 0.3 is 0 Å². The third-order valence-electron chi connectivity index (χ3n) is 3.68. The van der Waals surface area contributed by atoms with E-state index in [1.807, 2.05) is 12.1 Å². The average molecular weight is 248 g/mol. The predicted octanol–water partition coefficient (Wildman–Crippen LogP) is 2.21. The van der Waals surface area contributed by atoms with Crippen LogP contribution in [0.4, 0.5) is 0 Å². The molecule has 1 heterocycles. The highest BCUT2D eigenvalue weighted by Gasteiger charge is 2.32. The zero-order valence-corrected chi connectivity index (χ0v) is 11.6. The SMILES string of the molecule is CC(C)(C)C1CNCCN1Cc1ccc(O)cc1. The second-order valence-electron chi connectivity index (χ2n) is 6.22. The minimum Gasteiger partial charge on any atom is -0.508 e. The molecule has 1 aromatic rings. The summed E-state index contributed by atoms with van der Waals surface area (Å²) >= 11 is 0. The Morgan fingerprint density at radius 2 is 1.94 bits per heavy atom. The van der Waals surface area contributed by atoms with Crippen LogP contribution in [0.2, 0.25) is 0 Å². The molecular formula is C15H24N2O. The Hall–Kier alpha value is -1.06. The second kappa shape index (κ2) is 5.29. The lowest BCUT2D eigenvalue weighted by molar-refractivity contribution is 0.0689. The van der Waals surface area contributed by atoms with Crippen LogP contribution in [0.15, 0.2) is 24.3 Å². The molecule has 3 heteroatoms. The van der Waals surface area contributed by atoms with Gasteiger partial charge in [-0.05, 0) is 23.1 Å². The third kappa shape index (κ3) is 3.24. The fraction of sp³-hybridized carbons (Fsp3) is 0.600. The van der Waals surface area contributed by atoms with E-state index >= 15 is 0 Å². The Morgan fingerprint density at radius 1 is 1.28 bits per heavy atom. The molecule has 0 radical (unpaired) electrons. The lowest BCUT2D eigenvalue weighted by atomic mass is 9.84. The van der Waals surface area contributed by atoms with Gasteiger partial charge in [0.05, 0.1) is 0 Å². The molecule has 1 atom stereocenters. The molecule has 2 rings (SSSR count). The Bertz CT molecular complexity index is 380. The van der Waals surface area contributed by atoms with Crippen LogP contribution in [0.3, 0.4) is 0 Å². The summed E-state index contributed by atoms with van der Waals surface area (Å²) in [4.78, 5) is 2.54. The number of phenolic OH excluding ortho intramolecular Hbond substituents is 1.